The molecule has 16 rings (SSSR count). The molecule has 14 heteroatoms. The highest BCUT2D eigenvalue weighted by atomic mass is 32.2. The largest absolute Gasteiger partial charge is 0.457 e. The SMILES string of the molecule is CC(=O)c1ccc(Oc2ccc([S+](c3ccccc3)c3ccccc3)cc2C)cc1.Cc1cc([S+](c2ccccc2)c2ccccc2)ccc1Oc1ccc(C(=O)c2cccs2)cc1.Cc1cc([S+](c2ccccc2)c2ccccc2)ccc1Sc1ccc(Sc2ccc([S+](c3ccccc3)c3ccccc3)cc2C)c(C(F)(F)F)c1. The summed E-state index contributed by atoms with van der Waals surface area (Å²) in [6, 6.07) is 132. The Labute approximate surface area is 702 Å². The second-order valence-electron chi connectivity index (χ2n) is 26.9. The number of hydrogen-bond donors (Lipinski definition) is 0. The minimum atomic E-state index is -4.50. The van der Waals surface area contributed by atoms with E-state index in [0.717, 1.165) is 59.1 Å². The zero-order valence-electron chi connectivity index (χ0n) is 64.2. The maximum absolute atomic E-state index is 14.6. The number of carbonyl (C=O) groups excluding carboxylic acids is 2. The van der Waals surface area contributed by atoms with Gasteiger partial charge in [0.15, 0.2) is 64.5 Å². The predicted octanol–water partition coefficient (Wildman–Crippen LogP) is 29.1. The molecule has 0 N–H and O–H groups in total. The number of halogens is 3. The lowest BCUT2D eigenvalue weighted by Gasteiger charge is -2.16. The highest BCUT2D eigenvalue weighted by Crippen LogP contribution is 2.46. The van der Waals surface area contributed by atoms with Crippen molar-refractivity contribution in [3.8, 4) is 23.0 Å². The number of thiophene rings is 1. The van der Waals surface area contributed by atoms with Gasteiger partial charge < -0.3 is 9.47 Å². The Morgan fingerprint density at radius 3 is 0.897 bits per heavy atom. The van der Waals surface area contributed by atoms with Crippen LogP contribution in [-0.4, -0.2) is 11.6 Å². The highest BCUT2D eigenvalue weighted by Gasteiger charge is 2.37. The summed E-state index contributed by atoms with van der Waals surface area (Å²) in [6.45, 7) is 9.72. The Morgan fingerprint density at radius 2 is 0.603 bits per heavy atom. The monoisotopic (exact) mass is 1650 g/mol. The number of aryl methyl sites for hydroxylation is 4. The Balaban J connectivity index is 0.000000151. The van der Waals surface area contributed by atoms with Gasteiger partial charge in [0.25, 0.3) is 0 Å². The first-order valence-corrected chi connectivity index (χ1v) is 45.0. The standard InChI is InChI=1S/C45H35F3S4.C30H23O2S2.C27H23O2S/c1-32-29-39(51(35-15-7-3-8-16-35)36-17-9-4-10-18-36)24-27-42(32)49-34-23-26-44(41(31-34)45(46,47)48)50-43-28-25-40(30-33(43)2)52(37-19-11-5-12-20-37)38-21-13-6-14-22-38;1-22-21-27(34(25-9-4-2-5-10-25)26-11-6-3-7-12-26)18-19-28(22)32-24-16-14-23(15-17-24)30(31)29-13-8-20-33-29;1-20-19-26(17-18-27(20)29-23-15-13-22(14-16-23)21(2)28)30(24-9-5-3-6-10-24)25-11-7-4-8-12-25/h3-31H,1-2H3;2-21H,1H3;3-19H,1-2H3/q+2;2*+1. The van der Waals surface area contributed by atoms with Crippen LogP contribution < -0.4 is 9.47 Å². The molecule has 1 heterocycles. The summed E-state index contributed by atoms with van der Waals surface area (Å²) in [5, 5.41) is 1.91. The Morgan fingerprint density at radius 1 is 0.302 bits per heavy atom. The van der Waals surface area contributed by atoms with Gasteiger partial charge in [-0.3, -0.25) is 9.59 Å². The molecule has 0 amide bonds. The van der Waals surface area contributed by atoms with E-state index in [0.29, 0.717) is 21.8 Å². The summed E-state index contributed by atoms with van der Waals surface area (Å²) < 4.78 is 56.2. The maximum Gasteiger partial charge on any atom is 0.417 e. The fraction of sp³-hybridized carbons (Fsp3) is 0.0588. The molecule has 572 valence electrons. The molecule has 0 unspecified atom stereocenters. The number of carbonyl (C=O) groups is 2. The molecule has 15 aromatic carbocycles. The molecule has 0 atom stereocenters. The molecule has 0 fully saturated rings. The molecule has 116 heavy (non-hydrogen) atoms. The summed E-state index contributed by atoms with van der Waals surface area (Å²) in [5.74, 6) is 3.15. The normalized spacial score (nSPS) is 11.2. The van der Waals surface area contributed by atoms with E-state index in [2.05, 4.69) is 257 Å². The van der Waals surface area contributed by atoms with Crippen molar-refractivity contribution in [2.24, 2.45) is 0 Å². The predicted molar refractivity (Wildman–Crippen MR) is 475 cm³/mol. The van der Waals surface area contributed by atoms with Crippen LogP contribution in [0.25, 0.3) is 0 Å². The molecule has 0 aliphatic rings. The number of hydrogen-bond acceptors (Lipinski definition) is 7. The van der Waals surface area contributed by atoms with Crippen molar-refractivity contribution in [1.29, 1.82) is 0 Å². The number of alkyl halides is 3. The molecule has 0 bridgehead atoms. The molecule has 0 spiro atoms. The van der Waals surface area contributed by atoms with Crippen molar-refractivity contribution in [3.05, 3.63) is 444 Å². The third-order valence-electron chi connectivity index (χ3n) is 18.6. The average Bonchev–Trinajstić information content (AvgIpc) is 0.879. The van der Waals surface area contributed by atoms with Crippen LogP contribution in [0.2, 0.25) is 0 Å². The van der Waals surface area contributed by atoms with Gasteiger partial charge in [-0.25, -0.2) is 0 Å². The van der Waals surface area contributed by atoms with Crippen LogP contribution in [-0.2, 0) is 49.8 Å². The molecular weight excluding hydrogens is 1570 g/mol. The van der Waals surface area contributed by atoms with E-state index in [1.807, 2.05) is 141 Å². The van der Waals surface area contributed by atoms with Gasteiger partial charge in [-0.15, -0.1) is 11.3 Å². The smallest absolute Gasteiger partial charge is 0.417 e. The van der Waals surface area contributed by atoms with Gasteiger partial charge >= 0.3 is 6.18 Å². The van der Waals surface area contributed by atoms with Crippen LogP contribution in [0, 0.1) is 27.7 Å². The third-order valence-corrected chi connectivity index (χ3v) is 30.8. The quantitative estimate of drug-likeness (QED) is 0.0470. The first-order chi connectivity index (χ1) is 56.5. The fourth-order valence-electron chi connectivity index (χ4n) is 12.9. The van der Waals surface area contributed by atoms with Crippen molar-refractivity contribution in [3.63, 3.8) is 0 Å². The maximum atomic E-state index is 14.6. The third kappa shape index (κ3) is 20.7. The molecule has 0 saturated carbocycles. The first-order valence-electron chi connectivity index (χ1n) is 37.6. The van der Waals surface area contributed by atoms with Gasteiger partial charge in [0.2, 0.25) is 5.78 Å². The minimum absolute atomic E-state index is 0.0379. The van der Waals surface area contributed by atoms with E-state index in [1.54, 1.807) is 31.2 Å². The lowest BCUT2D eigenvalue weighted by atomic mass is 10.1. The molecule has 0 aliphatic heterocycles. The molecule has 0 aliphatic carbocycles. The van der Waals surface area contributed by atoms with E-state index < -0.39 is 11.7 Å². The van der Waals surface area contributed by atoms with Gasteiger partial charge in [0.1, 0.15) is 23.0 Å². The van der Waals surface area contributed by atoms with E-state index in [-0.39, 0.29) is 60.0 Å². The Hall–Kier alpha value is -11.2. The molecule has 4 nitrogen and oxygen atoms in total. The summed E-state index contributed by atoms with van der Waals surface area (Å²) in [4.78, 5) is 42.0. The second kappa shape index (κ2) is 39.0. The summed E-state index contributed by atoms with van der Waals surface area (Å²) in [7, 11) is -1.02. The van der Waals surface area contributed by atoms with Crippen molar-refractivity contribution >= 4 is 90.0 Å². The zero-order chi connectivity index (χ0) is 80.3. The summed E-state index contributed by atoms with van der Waals surface area (Å²) >= 11 is 4.00. The van der Waals surface area contributed by atoms with Gasteiger partial charge in [-0.1, -0.05) is 175 Å². The van der Waals surface area contributed by atoms with Crippen LogP contribution in [0.5, 0.6) is 23.0 Å². The van der Waals surface area contributed by atoms with E-state index >= 15 is 0 Å². The molecule has 0 saturated heterocycles. The number of Topliss-reactive ketones (excluding diaryl/α,β-unsaturated/α-hetero) is 1. The van der Waals surface area contributed by atoms with E-state index in [9.17, 15) is 22.8 Å². The second-order valence-corrected chi connectivity index (χ2v) is 38.2. The average molecular weight is 1650 g/mol. The number of rotatable bonds is 23. The number of ketones is 2. The first kappa shape index (κ1) is 81.4. The molecule has 1 aromatic heterocycles. The highest BCUT2D eigenvalue weighted by molar-refractivity contribution is 8.00. The van der Waals surface area contributed by atoms with Gasteiger partial charge in [-0.2, -0.15) is 13.2 Å². The van der Waals surface area contributed by atoms with Crippen LogP contribution >= 0.6 is 34.9 Å². The summed E-state index contributed by atoms with van der Waals surface area (Å²) in [6.07, 6.45) is -4.50. The van der Waals surface area contributed by atoms with E-state index in [4.69, 9.17) is 9.47 Å². The van der Waals surface area contributed by atoms with Crippen LogP contribution in [0.3, 0.4) is 0 Å². The lowest BCUT2D eigenvalue weighted by molar-refractivity contribution is -0.139. The van der Waals surface area contributed by atoms with Crippen LogP contribution in [0.4, 0.5) is 13.2 Å². The van der Waals surface area contributed by atoms with Crippen molar-refractivity contribution < 1.29 is 32.2 Å². The van der Waals surface area contributed by atoms with Gasteiger partial charge in [-0.05, 0) is 293 Å². The van der Waals surface area contributed by atoms with Crippen molar-refractivity contribution in [2.75, 3.05) is 0 Å². The van der Waals surface area contributed by atoms with Crippen LogP contribution in [0.1, 0.15) is 60.3 Å². The van der Waals surface area contributed by atoms with Gasteiger partial charge in [0.05, 0.1) is 54.0 Å². The molecule has 16 aromatic rings. The Bertz CT molecular complexity index is 5760. The van der Waals surface area contributed by atoms with Crippen LogP contribution in [0.15, 0.2) is 478 Å². The van der Waals surface area contributed by atoms with Crippen molar-refractivity contribution in [2.45, 2.75) is 119 Å². The van der Waals surface area contributed by atoms with E-state index in [1.165, 1.54) is 94.8 Å². The lowest BCUT2D eigenvalue weighted by Crippen LogP contribution is -2.07. The number of benzene rings is 15. The topological polar surface area (TPSA) is 52.6 Å². The summed E-state index contributed by atoms with van der Waals surface area (Å²) in [5.41, 5.74) is 4.84. The van der Waals surface area contributed by atoms with Gasteiger partial charge in [0, 0.05) is 42.8 Å². The minimum Gasteiger partial charge on any atom is -0.457 e. The zero-order valence-corrected chi connectivity index (χ0v) is 69.9. The fourth-order valence-corrected chi connectivity index (χ4v) is 24.2. The molecule has 0 radical (unpaired) electrons. The molecular formula is C102H81F3O4S7+4. The number of ether oxygens (including phenoxy) is 2. The van der Waals surface area contributed by atoms with Crippen molar-refractivity contribution in [1.82, 2.24) is 0 Å². The Kier molecular flexibility index (Phi) is 27.4.